The highest BCUT2D eigenvalue weighted by Gasteiger charge is 2.22. The van der Waals surface area contributed by atoms with E-state index >= 15 is 0 Å². The van der Waals surface area contributed by atoms with Gasteiger partial charge in [0.25, 0.3) is 0 Å². The maximum Gasteiger partial charge on any atom is 0.241 e. The summed E-state index contributed by atoms with van der Waals surface area (Å²) in [6.07, 6.45) is 0.780. The zero-order chi connectivity index (χ0) is 18.0. The number of halogens is 1. The molecule has 132 valence electrons. The van der Waals surface area contributed by atoms with E-state index in [0.29, 0.717) is 18.1 Å². The Morgan fingerprint density at radius 2 is 1.92 bits per heavy atom. The molecule has 0 unspecified atom stereocenters. The van der Waals surface area contributed by atoms with Crippen molar-refractivity contribution in [3.63, 3.8) is 0 Å². The molecule has 5 nitrogen and oxygen atoms in total. The van der Waals surface area contributed by atoms with Gasteiger partial charge in [-0.25, -0.2) is 13.1 Å². The standard InChI is InChI=1S/C18H19ClN2O3S/c1-13-6-7-16(10-17(13)19)25(23,24)20-11-18(22)21-9-8-14-4-2-3-5-15(14)12-21/h2-7,10,20H,8-9,11-12H2,1H3. The maximum atomic E-state index is 12.4. The first kappa shape index (κ1) is 17.9. The van der Waals surface area contributed by atoms with Crippen LogP contribution in [0, 0.1) is 6.92 Å². The lowest BCUT2D eigenvalue weighted by Gasteiger charge is -2.29. The zero-order valence-corrected chi connectivity index (χ0v) is 15.4. The second-order valence-electron chi connectivity index (χ2n) is 6.07. The minimum atomic E-state index is -3.78. The van der Waals surface area contributed by atoms with Gasteiger partial charge in [-0.1, -0.05) is 41.9 Å². The summed E-state index contributed by atoms with van der Waals surface area (Å²) in [7, 11) is -3.78. The minimum Gasteiger partial charge on any atom is -0.337 e. The Labute approximate surface area is 152 Å². The van der Waals surface area contributed by atoms with E-state index < -0.39 is 10.0 Å². The molecule has 0 atom stereocenters. The fourth-order valence-electron chi connectivity index (χ4n) is 2.80. The Morgan fingerprint density at radius 3 is 2.64 bits per heavy atom. The van der Waals surface area contributed by atoms with Crippen molar-refractivity contribution in [1.29, 1.82) is 0 Å². The van der Waals surface area contributed by atoms with Crippen LogP contribution in [0.15, 0.2) is 47.4 Å². The molecule has 7 heteroatoms. The summed E-state index contributed by atoms with van der Waals surface area (Å²) < 4.78 is 27.0. The first-order chi connectivity index (χ1) is 11.9. The SMILES string of the molecule is Cc1ccc(S(=O)(=O)NCC(=O)N2CCc3ccccc3C2)cc1Cl. The normalized spacial score (nSPS) is 14.2. The van der Waals surface area contributed by atoms with Crippen LogP contribution in [0.2, 0.25) is 5.02 Å². The Kier molecular flexibility index (Phi) is 5.13. The summed E-state index contributed by atoms with van der Waals surface area (Å²) in [5, 5.41) is 0.377. The molecule has 1 aliphatic heterocycles. The Hall–Kier alpha value is -1.89. The van der Waals surface area contributed by atoms with Crippen molar-refractivity contribution in [3.8, 4) is 0 Å². The monoisotopic (exact) mass is 378 g/mol. The maximum absolute atomic E-state index is 12.4. The van der Waals surface area contributed by atoms with Gasteiger partial charge >= 0.3 is 0 Å². The van der Waals surface area contributed by atoms with Gasteiger partial charge < -0.3 is 4.90 Å². The van der Waals surface area contributed by atoms with Crippen LogP contribution in [0.25, 0.3) is 0 Å². The molecule has 2 aromatic rings. The number of benzene rings is 2. The van der Waals surface area contributed by atoms with Crippen molar-refractivity contribution in [3.05, 3.63) is 64.2 Å². The van der Waals surface area contributed by atoms with E-state index in [-0.39, 0.29) is 17.3 Å². The van der Waals surface area contributed by atoms with Crippen LogP contribution in [-0.4, -0.2) is 32.3 Å². The Bertz CT molecular complexity index is 912. The van der Waals surface area contributed by atoms with Crippen LogP contribution >= 0.6 is 11.6 Å². The fraction of sp³-hybridized carbons (Fsp3) is 0.278. The number of carbonyl (C=O) groups excluding carboxylic acids is 1. The Morgan fingerprint density at radius 1 is 1.20 bits per heavy atom. The molecule has 0 radical (unpaired) electrons. The average molecular weight is 379 g/mol. The molecule has 1 N–H and O–H groups in total. The predicted octanol–water partition coefficient (Wildman–Crippen LogP) is 2.51. The van der Waals surface area contributed by atoms with Crippen LogP contribution in [0.4, 0.5) is 0 Å². The molecule has 1 heterocycles. The summed E-state index contributed by atoms with van der Waals surface area (Å²) >= 11 is 5.98. The quantitative estimate of drug-likeness (QED) is 0.888. The number of rotatable bonds is 4. The molecule has 3 rings (SSSR count). The molecule has 0 bridgehead atoms. The van der Waals surface area contributed by atoms with E-state index in [1.54, 1.807) is 17.9 Å². The number of sulfonamides is 1. The van der Waals surface area contributed by atoms with Crippen molar-refractivity contribution >= 4 is 27.5 Å². The smallest absolute Gasteiger partial charge is 0.241 e. The van der Waals surface area contributed by atoms with Crippen molar-refractivity contribution in [2.45, 2.75) is 24.8 Å². The number of carbonyl (C=O) groups is 1. The van der Waals surface area contributed by atoms with Gasteiger partial charge in [-0.3, -0.25) is 4.79 Å². The number of hydrogen-bond donors (Lipinski definition) is 1. The molecule has 0 saturated carbocycles. The molecule has 0 aromatic heterocycles. The highest BCUT2D eigenvalue weighted by atomic mass is 35.5. The average Bonchev–Trinajstić information content (AvgIpc) is 2.61. The van der Waals surface area contributed by atoms with Crippen molar-refractivity contribution < 1.29 is 13.2 Å². The molecule has 0 fully saturated rings. The molecule has 1 amide bonds. The van der Waals surface area contributed by atoms with Crippen LogP contribution in [0.5, 0.6) is 0 Å². The second-order valence-corrected chi connectivity index (χ2v) is 8.24. The fourth-order valence-corrected chi connectivity index (χ4v) is 4.05. The molecule has 2 aromatic carbocycles. The third-order valence-corrected chi connectivity index (χ3v) is 6.16. The highest BCUT2D eigenvalue weighted by molar-refractivity contribution is 7.89. The summed E-state index contributed by atoms with van der Waals surface area (Å²) in [5.41, 5.74) is 3.14. The number of fused-ring (bicyclic) bond motifs is 1. The molecule has 0 saturated heterocycles. The lowest BCUT2D eigenvalue weighted by molar-refractivity contribution is -0.130. The van der Waals surface area contributed by atoms with E-state index in [9.17, 15) is 13.2 Å². The van der Waals surface area contributed by atoms with Crippen molar-refractivity contribution in [2.75, 3.05) is 13.1 Å². The van der Waals surface area contributed by atoms with Crippen molar-refractivity contribution in [1.82, 2.24) is 9.62 Å². The molecule has 25 heavy (non-hydrogen) atoms. The first-order valence-electron chi connectivity index (χ1n) is 7.97. The van der Waals surface area contributed by atoms with Gasteiger partial charge in [-0.2, -0.15) is 0 Å². The molecule has 0 aliphatic carbocycles. The third kappa shape index (κ3) is 4.03. The topological polar surface area (TPSA) is 66.5 Å². The zero-order valence-electron chi connectivity index (χ0n) is 13.8. The van der Waals surface area contributed by atoms with Crippen molar-refractivity contribution in [2.24, 2.45) is 0 Å². The van der Waals surface area contributed by atoms with Crippen LogP contribution in [0.1, 0.15) is 16.7 Å². The van der Waals surface area contributed by atoms with E-state index in [1.807, 2.05) is 18.2 Å². The first-order valence-corrected chi connectivity index (χ1v) is 9.83. The molecular weight excluding hydrogens is 360 g/mol. The number of hydrogen-bond acceptors (Lipinski definition) is 3. The van der Waals surface area contributed by atoms with Gasteiger partial charge in [0.05, 0.1) is 11.4 Å². The number of nitrogens with one attached hydrogen (secondary N) is 1. The summed E-state index contributed by atoms with van der Waals surface area (Å²) in [4.78, 5) is 14.1. The largest absolute Gasteiger partial charge is 0.337 e. The summed E-state index contributed by atoms with van der Waals surface area (Å²) in [6, 6.07) is 12.5. The summed E-state index contributed by atoms with van der Waals surface area (Å²) in [5.74, 6) is -0.240. The molecule has 1 aliphatic rings. The van der Waals surface area contributed by atoms with Gasteiger partial charge in [-0.15, -0.1) is 0 Å². The van der Waals surface area contributed by atoms with E-state index in [4.69, 9.17) is 11.6 Å². The summed E-state index contributed by atoms with van der Waals surface area (Å²) in [6.45, 7) is 2.63. The number of amides is 1. The van der Waals surface area contributed by atoms with Gasteiger partial charge in [0.2, 0.25) is 15.9 Å². The van der Waals surface area contributed by atoms with E-state index in [1.165, 1.54) is 17.7 Å². The van der Waals surface area contributed by atoms with Gasteiger partial charge in [0, 0.05) is 18.1 Å². The number of nitrogens with zero attached hydrogens (tertiary/aromatic N) is 1. The third-order valence-electron chi connectivity index (χ3n) is 4.35. The second kappa shape index (κ2) is 7.15. The molecule has 0 spiro atoms. The predicted molar refractivity (Wildman–Crippen MR) is 96.9 cm³/mol. The van der Waals surface area contributed by atoms with Crippen LogP contribution < -0.4 is 4.72 Å². The van der Waals surface area contributed by atoms with E-state index in [2.05, 4.69) is 10.8 Å². The van der Waals surface area contributed by atoms with Gasteiger partial charge in [-0.05, 0) is 42.2 Å². The Balaban J connectivity index is 1.65. The lowest BCUT2D eigenvalue weighted by atomic mass is 10.00. The lowest BCUT2D eigenvalue weighted by Crippen LogP contribution is -2.42. The van der Waals surface area contributed by atoms with E-state index in [0.717, 1.165) is 17.5 Å². The van der Waals surface area contributed by atoms with Crippen LogP contribution in [0.3, 0.4) is 0 Å². The molecular formula is C18H19ClN2O3S. The minimum absolute atomic E-state index is 0.0555. The van der Waals surface area contributed by atoms with Gasteiger partial charge in [0.1, 0.15) is 0 Å². The number of aryl methyl sites for hydroxylation is 1. The van der Waals surface area contributed by atoms with Gasteiger partial charge in [0.15, 0.2) is 0 Å². The van der Waals surface area contributed by atoms with Crippen LogP contribution in [-0.2, 0) is 27.8 Å². The highest BCUT2D eigenvalue weighted by Crippen LogP contribution is 2.20.